The molecule has 1 heterocycles. The van der Waals surface area contributed by atoms with Crippen LogP contribution in [0.1, 0.15) is 16.2 Å². The summed E-state index contributed by atoms with van der Waals surface area (Å²) < 4.78 is 1.79. The lowest BCUT2D eigenvalue weighted by atomic mass is 10.1. The first kappa shape index (κ1) is 11.9. The van der Waals surface area contributed by atoms with Crippen LogP contribution in [0.25, 0.3) is 0 Å². The number of primary amides is 1. The Morgan fingerprint density at radius 1 is 1.50 bits per heavy atom. The Kier molecular flexibility index (Phi) is 3.13. The normalized spacial score (nSPS) is 10.3. The van der Waals surface area contributed by atoms with Crippen molar-refractivity contribution in [3.8, 4) is 0 Å². The molecule has 0 atom stereocenters. The SMILES string of the molecule is Cn1cnnc1CNc1cc(C(N)=O)ccc1N. The third kappa shape index (κ3) is 2.40. The number of nitrogens with zero attached hydrogens (tertiary/aromatic N) is 3. The van der Waals surface area contributed by atoms with Crippen LogP contribution in [0.15, 0.2) is 24.5 Å². The molecule has 1 aromatic heterocycles. The minimum absolute atomic E-state index is 0.407. The van der Waals surface area contributed by atoms with Gasteiger partial charge in [0.05, 0.1) is 17.9 Å². The molecule has 0 fully saturated rings. The van der Waals surface area contributed by atoms with Gasteiger partial charge in [0.15, 0.2) is 5.82 Å². The van der Waals surface area contributed by atoms with E-state index in [0.29, 0.717) is 23.5 Å². The van der Waals surface area contributed by atoms with Crippen LogP contribution in [0.2, 0.25) is 0 Å². The molecular weight excluding hydrogens is 232 g/mol. The van der Waals surface area contributed by atoms with Gasteiger partial charge < -0.3 is 21.4 Å². The molecule has 1 aromatic carbocycles. The van der Waals surface area contributed by atoms with E-state index in [1.807, 2.05) is 7.05 Å². The molecule has 18 heavy (non-hydrogen) atoms. The number of nitrogens with one attached hydrogen (secondary N) is 1. The maximum absolute atomic E-state index is 11.1. The van der Waals surface area contributed by atoms with E-state index >= 15 is 0 Å². The van der Waals surface area contributed by atoms with Crippen molar-refractivity contribution in [3.05, 3.63) is 35.9 Å². The third-order valence-electron chi connectivity index (χ3n) is 2.58. The molecule has 5 N–H and O–H groups in total. The Morgan fingerprint density at radius 3 is 2.89 bits per heavy atom. The smallest absolute Gasteiger partial charge is 0.248 e. The average molecular weight is 246 g/mol. The fourth-order valence-corrected chi connectivity index (χ4v) is 1.50. The van der Waals surface area contributed by atoms with Crippen LogP contribution < -0.4 is 16.8 Å². The Morgan fingerprint density at radius 2 is 2.28 bits per heavy atom. The molecule has 0 saturated carbocycles. The first-order valence-electron chi connectivity index (χ1n) is 5.34. The second-order valence-corrected chi connectivity index (χ2v) is 3.88. The highest BCUT2D eigenvalue weighted by molar-refractivity contribution is 5.94. The largest absolute Gasteiger partial charge is 0.397 e. The second-order valence-electron chi connectivity index (χ2n) is 3.88. The first-order valence-corrected chi connectivity index (χ1v) is 5.34. The van der Waals surface area contributed by atoms with Crippen molar-refractivity contribution in [1.29, 1.82) is 0 Å². The van der Waals surface area contributed by atoms with Gasteiger partial charge in [0.2, 0.25) is 5.91 Å². The number of aryl methyl sites for hydroxylation is 1. The minimum atomic E-state index is -0.489. The van der Waals surface area contributed by atoms with E-state index in [0.717, 1.165) is 5.82 Å². The molecule has 0 aliphatic carbocycles. The predicted molar refractivity (Wildman–Crippen MR) is 67.7 cm³/mol. The fraction of sp³-hybridized carbons (Fsp3) is 0.182. The summed E-state index contributed by atoms with van der Waals surface area (Å²) in [5.41, 5.74) is 12.6. The third-order valence-corrected chi connectivity index (χ3v) is 2.58. The van der Waals surface area contributed by atoms with Crippen LogP contribution in [0, 0.1) is 0 Å². The molecule has 2 rings (SSSR count). The zero-order valence-electron chi connectivity index (χ0n) is 9.92. The highest BCUT2D eigenvalue weighted by atomic mass is 16.1. The summed E-state index contributed by atoms with van der Waals surface area (Å²) in [6.07, 6.45) is 1.61. The van der Waals surface area contributed by atoms with Gasteiger partial charge in [0.1, 0.15) is 6.33 Å². The molecule has 0 unspecified atom stereocenters. The lowest BCUT2D eigenvalue weighted by Gasteiger charge is -2.09. The van der Waals surface area contributed by atoms with Gasteiger partial charge in [-0.15, -0.1) is 10.2 Å². The summed E-state index contributed by atoms with van der Waals surface area (Å²) in [4.78, 5) is 11.1. The molecule has 0 spiro atoms. The van der Waals surface area contributed by atoms with Crippen molar-refractivity contribution in [3.63, 3.8) is 0 Å². The maximum atomic E-state index is 11.1. The van der Waals surface area contributed by atoms with E-state index in [-0.39, 0.29) is 0 Å². The summed E-state index contributed by atoms with van der Waals surface area (Å²) in [5.74, 6) is 0.274. The Bertz CT molecular complexity index is 577. The van der Waals surface area contributed by atoms with Gasteiger partial charge in [-0.3, -0.25) is 4.79 Å². The van der Waals surface area contributed by atoms with Crippen molar-refractivity contribution in [2.45, 2.75) is 6.54 Å². The standard InChI is InChI=1S/C11H14N6O/c1-17-6-15-16-10(17)5-14-9-4-7(11(13)18)2-3-8(9)12/h2-4,6,14H,5,12H2,1H3,(H2,13,18). The number of rotatable bonds is 4. The van der Waals surface area contributed by atoms with Gasteiger partial charge in [-0.05, 0) is 18.2 Å². The van der Waals surface area contributed by atoms with Crippen LogP contribution in [-0.4, -0.2) is 20.7 Å². The summed E-state index contributed by atoms with van der Waals surface area (Å²) >= 11 is 0. The van der Waals surface area contributed by atoms with Gasteiger partial charge in [0, 0.05) is 12.6 Å². The predicted octanol–water partition coefficient (Wildman–Crippen LogP) is 0.108. The highest BCUT2D eigenvalue weighted by Gasteiger charge is 2.06. The summed E-state index contributed by atoms with van der Waals surface area (Å²) in [6.45, 7) is 0.461. The minimum Gasteiger partial charge on any atom is -0.397 e. The Balaban J connectivity index is 2.16. The molecular formula is C11H14N6O. The van der Waals surface area contributed by atoms with E-state index < -0.39 is 5.91 Å². The van der Waals surface area contributed by atoms with Gasteiger partial charge in [-0.1, -0.05) is 0 Å². The van der Waals surface area contributed by atoms with E-state index in [1.165, 1.54) is 0 Å². The maximum Gasteiger partial charge on any atom is 0.248 e. The van der Waals surface area contributed by atoms with E-state index in [2.05, 4.69) is 15.5 Å². The molecule has 0 aliphatic rings. The summed E-state index contributed by atoms with van der Waals surface area (Å²) in [6, 6.07) is 4.85. The molecule has 7 heteroatoms. The molecule has 0 aliphatic heterocycles. The van der Waals surface area contributed by atoms with Crippen molar-refractivity contribution in [1.82, 2.24) is 14.8 Å². The number of hydrogen-bond acceptors (Lipinski definition) is 5. The van der Waals surface area contributed by atoms with E-state index in [1.54, 1.807) is 29.1 Å². The topological polar surface area (TPSA) is 112 Å². The van der Waals surface area contributed by atoms with Gasteiger partial charge in [0.25, 0.3) is 0 Å². The zero-order chi connectivity index (χ0) is 13.1. The molecule has 94 valence electrons. The summed E-state index contributed by atoms with van der Waals surface area (Å²) in [7, 11) is 1.85. The number of anilines is 2. The van der Waals surface area contributed by atoms with Crippen LogP contribution in [0.3, 0.4) is 0 Å². The van der Waals surface area contributed by atoms with Crippen LogP contribution in [0.5, 0.6) is 0 Å². The fourth-order valence-electron chi connectivity index (χ4n) is 1.50. The number of carbonyl (C=O) groups excluding carboxylic acids is 1. The van der Waals surface area contributed by atoms with Crippen molar-refractivity contribution >= 4 is 17.3 Å². The van der Waals surface area contributed by atoms with E-state index in [4.69, 9.17) is 11.5 Å². The lowest BCUT2D eigenvalue weighted by molar-refractivity contribution is 0.100. The van der Waals surface area contributed by atoms with E-state index in [9.17, 15) is 4.79 Å². The van der Waals surface area contributed by atoms with Crippen LogP contribution in [-0.2, 0) is 13.6 Å². The number of carbonyl (C=O) groups is 1. The molecule has 0 radical (unpaired) electrons. The zero-order valence-corrected chi connectivity index (χ0v) is 9.92. The number of aromatic nitrogens is 3. The van der Waals surface area contributed by atoms with Crippen molar-refractivity contribution in [2.75, 3.05) is 11.1 Å². The number of benzene rings is 1. The Hall–Kier alpha value is -2.57. The molecule has 7 nitrogen and oxygen atoms in total. The van der Waals surface area contributed by atoms with Crippen molar-refractivity contribution < 1.29 is 4.79 Å². The Labute approximate surface area is 104 Å². The van der Waals surface area contributed by atoms with Crippen LogP contribution in [0.4, 0.5) is 11.4 Å². The number of nitrogen functional groups attached to an aromatic ring is 1. The molecule has 2 aromatic rings. The first-order chi connectivity index (χ1) is 8.58. The lowest BCUT2D eigenvalue weighted by Crippen LogP contribution is -2.12. The van der Waals surface area contributed by atoms with Crippen LogP contribution >= 0.6 is 0 Å². The monoisotopic (exact) mass is 246 g/mol. The number of hydrogen-bond donors (Lipinski definition) is 3. The quantitative estimate of drug-likeness (QED) is 0.663. The van der Waals surface area contributed by atoms with Gasteiger partial charge >= 0.3 is 0 Å². The van der Waals surface area contributed by atoms with Crippen molar-refractivity contribution in [2.24, 2.45) is 12.8 Å². The number of nitrogens with two attached hydrogens (primary N) is 2. The number of amides is 1. The second kappa shape index (κ2) is 4.74. The van der Waals surface area contributed by atoms with Gasteiger partial charge in [-0.2, -0.15) is 0 Å². The molecule has 0 bridgehead atoms. The highest BCUT2D eigenvalue weighted by Crippen LogP contribution is 2.20. The molecule has 1 amide bonds. The van der Waals surface area contributed by atoms with Gasteiger partial charge in [-0.25, -0.2) is 0 Å². The average Bonchev–Trinajstić information content (AvgIpc) is 2.73. The summed E-state index contributed by atoms with van der Waals surface area (Å²) in [5, 5.41) is 10.8. The molecule has 0 saturated heterocycles.